The Morgan fingerprint density at radius 1 is 0.500 bits per heavy atom. The lowest BCUT2D eigenvalue weighted by molar-refractivity contribution is 0.294. The van der Waals surface area contributed by atoms with Crippen LogP contribution >= 0.6 is 22.7 Å². The van der Waals surface area contributed by atoms with E-state index in [4.69, 9.17) is 28.4 Å². The van der Waals surface area contributed by atoms with E-state index in [1.54, 1.807) is 51.1 Å². The average Bonchev–Trinajstić information content (AvgIpc) is 3.79. The van der Waals surface area contributed by atoms with Gasteiger partial charge in [0.15, 0.2) is 23.0 Å². The van der Waals surface area contributed by atoms with Crippen LogP contribution in [0.15, 0.2) is 84.1 Å². The number of methoxy groups -OCH3 is 4. The largest absolute Gasteiger partial charge is 0.493 e. The Kier molecular flexibility index (Phi) is 8.91. The molecule has 7 aromatic rings. The van der Waals surface area contributed by atoms with Gasteiger partial charge in [-0.2, -0.15) is 0 Å². The molecule has 0 spiro atoms. The van der Waals surface area contributed by atoms with E-state index in [0.29, 0.717) is 48.0 Å². The number of aromatic nitrogens is 4. The fraction of sp³-hybridized carbons (Fsp3) is 0.167. The first-order chi connectivity index (χ1) is 23.6. The molecular weight excluding hydrogens is 649 g/mol. The topological polar surface area (TPSA) is 107 Å². The molecule has 0 fully saturated rings. The van der Waals surface area contributed by atoms with Crippen molar-refractivity contribution in [1.29, 1.82) is 0 Å². The van der Waals surface area contributed by atoms with Crippen LogP contribution in [0.5, 0.6) is 34.8 Å². The molecule has 242 valence electrons. The zero-order valence-electron chi connectivity index (χ0n) is 26.6. The maximum absolute atomic E-state index is 6.26. The van der Waals surface area contributed by atoms with Gasteiger partial charge >= 0.3 is 0 Å². The van der Waals surface area contributed by atoms with Gasteiger partial charge in [-0.25, -0.2) is 19.9 Å². The maximum atomic E-state index is 6.26. The number of benzene rings is 3. The zero-order valence-corrected chi connectivity index (χ0v) is 28.2. The molecule has 10 nitrogen and oxygen atoms in total. The highest BCUT2D eigenvalue weighted by atomic mass is 32.1. The first-order valence-electron chi connectivity index (χ1n) is 14.8. The second-order valence-electron chi connectivity index (χ2n) is 10.6. The molecule has 4 heterocycles. The minimum Gasteiger partial charge on any atom is -0.493 e. The predicted molar refractivity (Wildman–Crippen MR) is 187 cm³/mol. The van der Waals surface area contributed by atoms with Crippen LogP contribution < -0.4 is 28.4 Å². The fourth-order valence-electron chi connectivity index (χ4n) is 5.38. The van der Waals surface area contributed by atoms with Crippen molar-refractivity contribution < 1.29 is 28.4 Å². The average molecular weight is 679 g/mol. The van der Waals surface area contributed by atoms with Gasteiger partial charge in [0.05, 0.1) is 39.2 Å². The summed E-state index contributed by atoms with van der Waals surface area (Å²) in [6, 6.07) is 19.7. The van der Waals surface area contributed by atoms with Crippen LogP contribution in [-0.4, -0.2) is 48.4 Å². The Morgan fingerprint density at radius 3 is 1.31 bits per heavy atom. The lowest BCUT2D eigenvalue weighted by atomic mass is 10.1. The normalized spacial score (nSPS) is 11.1. The molecule has 0 saturated heterocycles. The summed E-state index contributed by atoms with van der Waals surface area (Å²) < 4.78 is 34.4. The SMILES string of the molecule is COc1ccc(-c2csc3ncnc(OCc4ccc(COc5ncnc6scc(-c7ccc(OC)c(OC)c7)c56)cc4)c23)cc1OC. The van der Waals surface area contributed by atoms with Crippen molar-refractivity contribution in [3.63, 3.8) is 0 Å². The highest BCUT2D eigenvalue weighted by Gasteiger charge is 2.18. The first kappa shape index (κ1) is 31.2. The minimum absolute atomic E-state index is 0.338. The van der Waals surface area contributed by atoms with E-state index in [2.05, 4.69) is 30.7 Å². The van der Waals surface area contributed by atoms with Gasteiger partial charge in [-0.15, -0.1) is 22.7 Å². The Hall–Kier alpha value is -5.46. The molecule has 7 rings (SSSR count). The van der Waals surface area contributed by atoms with Crippen molar-refractivity contribution in [3.05, 3.63) is 95.2 Å². The van der Waals surface area contributed by atoms with Crippen LogP contribution in [0.1, 0.15) is 11.1 Å². The number of rotatable bonds is 12. The number of nitrogens with zero attached hydrogens (tertiary/aromatic N) is 4. The smallest absolute Gasteiger partial charge is 0.226 e. The summed E-state index contributed by atoms with van der Waals surface area (Å²) in [5, 5.41) is 5.83. The van der Waals surface area contributed by atoms with Crippen LogP contribution in [0.2, 0.25) is 0 Å². The van der Waals surface area contributed by atoms with Gasteiger partial charge in [0.25, 0.3) is 0 Å². The van der Waals surface area contributed by atoms with Gasteiger partial charge in [0.1, 0.15) is 35.5 Å². The highest BCUT2D eigenvalue weighted by molar-refractivity contribution is 7.17. The molecule has 4 aromatic heterocycles. The summed E-state index contributed by atoms with van der Waals surface area (Å²) in [6.07, 6.45) is 3.06. The Bertz CT molecular complexity index is 2060. The minimum atomic E-state index is 0.338. The number of ether oxygens (including phenoxy) is 6. The van der Waals surface area contributed by atoms with Crippen LogP contribution in [0.4, 0.5) is 0 Å². The van der Waals surface area contributed by atoms with E-state index in [1.807, 2.05) is 60.7 Å². The van der Waals surface area contributed by atoms with E-state index in [1.165, 1.54) is 12.7 Å². The van der Waals surface area contributed by atoms with Gasteiger partial charge in [0.2, 0.25) is 11.8 Å². The van der Waals surface area contributed by atoms with Crippen LogP contribution in [0.3, 0.4) is 0 Å². The van der Waals surface area contributed by atoms with Crippen LogP contribution in [0.25, 0.3) is 42.7 Å². The van der Waals surface area contributed by atoms with Crippen molar-refractivity contribution in [2.45, 2.75) is 13.2 Å². The molecule has 0 radical (unpaired) electrons. The zero-order chi connectivity index (χ0) is 33.0. The summed E-state index contributed by atoms with van der Waals surface area (Å²) in [5.74, 6) is 3.67. The molecule has 0 bridgehead atoms. The lowest BCUT2D eigenvalue weighted by Crippen LogP contribution is -2.01. The van der Waals surface area contributed by atoms with Crippen LogP contribution in [-0.2, 0) is 13.2 Å². The first-order valence-corrected chi connectivity index (χ1v) is 16.6. The third-order valence-corrected chi connectivity index (χ3v) is 9.61. The fourth-order valence-corrected chi connectivity index (χ4v) is 7.19. The van der Waals surface area contributed by atoms with Crippen molar-refractivity contribution in [3.8, 4) is 57.0 Å². The number of hydrogen-bond donors (Lipinski definition) is 0. The maximum Gasteiger partial charge on any atom is 0.226 e. The molecule has 3 aromatic carbocycles. The Labute approximate surface area is 284 Å². The van der Waals surface area contributed by atoms with Gasteiger partial charge in [-0.05, 0) is 46.5 Å². The molecule has 0 saturated carbocycles. The molecule has 12 heteroatoms. The highest BCUT2D eigenvalue weighted by Crippen LogP contribution is 2.42. The van der Waals surface area contributed by atoms with E-state index in [9.17, 15) is 0 Å². The molecule has 0 N–H and O–H groups in total. The number of thiophene rings is 2. The Balaban J connectivity index is 1.06. The summed E-state index contributed by atoms with van der Waals surface area (Å²) in [5.41, 5.74) is 5.85. The van der Waals surface area contributed by atoms with E-state index < -0.39 is 0 Å². The summed E-state index contributed by atoms with van der Waals surface area (Å²) >= 11 is 3.08. The number of hydrogen-bond acceptors (Lipinski definition) is 12. The second-order valence-corrected chi connectivity index (χ2v) is 12.3. The molecule has 0 aliphatic rings. The second kappa shape index (κ2) is 13.7. The third kappa shape index (κ3) is 6.03. The molecule has 0 amide bonds. The molecular formula is C36H30N4O6S2. The monoisotopic (exact) mass is 678 g/mol. The lowest BCUT2D eigenvalue weighted by Gasteiger charge is -2.11. The van der Waals surface area contributed by atoms with Crippen molar-refractivity contribution >= 4 is 43.1 Å². The van der Waals surface area contributed by atoms with Crippen LogP contribution in [0, 0.1) is 0 Å². The third-order valence-electron chi connectivity index (χ3n) is 7.83. The molecule has 0 aliphatic carbocycles. The molecule has 48 heavy (non-hydrogen) atoms. The standard InChI is InChI=1S/C36H30N4O6S2/c1-41-27-11-9-23(13-29(27)43-3)25-17-47-35-31(25)33(37-19-39-35)45-15-21-5-7-22(8-6-21)16-46-34-32-26(18-48-36(32)40-20-38-34)24-10-12-28(42-2)30(14-24)44-4/h5-14,17-20H,15-16H2,1-4H3. The van der Waals surface area contributed by atoms with E-state index in [0.717, 1.165) is 53.8 Å². The predicted octanol–water partition coefficient (Wildman–Crippen LogP) is 8.22. The summed E-state index contributed by atoms with van der Waals surface area (Å²) in [6.45, 7) is 0.676. The van der Waals surface area contributed by atoms with Gasteiger partial charge in [0, 0.05) is 21.9 Å². The van der Waals surface area contributed by atoms with Crippen molar-refractivity contribution in [2.24, 2.45) is 0 Å². The summed E-state index contributed by atoms with van der Waals surface area (Å²) in [7, 11) is 6.49. The van der Waals surface area contributed by atoms with E-state index >= 15 is 0 Å². The van der Waals surface area contributed by atoms with Crippen molar-refractivity contribution in [2.75, 3.05) is 28.4 Å². The number of fused-ring (bicyclic) bond motifs is 2. The Morgan fingerprint density at radius 2 is 0.917 bits per heavy atom. The summed E-state index contributed by atoms with van der Waals surface area (Å²) in [4.78, 5) is 19.6. The van der Waals surface area contributed by atoms with Gasteiger partial charge < -0.3 is 28.4 Å². The van der Waals surface area contributed by atoms with Gasteiger partial charge in [-0.1, -0.05) is 36.4 Å². The quantitative estimate of drug-likeness (QED) is 0.125. The molecule has 0 atom stereocenters. The molecule has 0 unspecified atom stereocenters. The molecule has 0 aliphatic heterocycles. The van der Waals surface area contributed by atoms with Crippen molar-refractivity contribution in [1.82, 2.24) is 19.9 Å². The van der Waals surface area contributed by atoms with Gasteiger partial charge in [-0.3, -0.25) is 0 Å². The van der Waals surface area contributed by atoms with E-state index in [-0.39, 0.29) is 0 Å².